The van der Waals surface area contributed by atoms with Gasteiger partial charge in [0.05, 0.1) is 26.3 Å². The highest BCUT2D eigenvalue weighted by molar-refractivity contribution is 7.22. The number of rotatable bonds is 6. The number of aromatic nitrogens is 2. The van der Waals surface area contributed by atoms with E-state index in [-0.39, 0.29) is 30.9 Å². The van der Waals surface area contributed by atoms with Crippen molar-refractivity contribution in [2.75, 3.05) is 27.3 Å². The third-order valence-corrected chi connectivity index (χ3v) is 8.05. The molecule has 4 aromatic rings. The molecule has 1 aliphatic rings. The van der Waals surface area contributed by atoms with Gasteiger partial charge in [0, 0.05) is 35.6 Å². The molecule has 0 bridgehead atoms. The summed E-state index contributed by atoms with van der Waals surface area (Å²) in [5, 5.41) is 9.31. The van der Waals surface area contributed by atoms with Crippen molar-refractivity contribution < 1.29 is 23.8 Å². The first-order valence-electron chi connectivity index (χ1n) is 12.0. The van der Waals surface area contributed by atoms with Gasteiger partial charge in [-0.15, -0.1) is 11.3 Å². The number of halogens is 1. The molecule has 5 rings (SSSR count). The lowest BCUT2D eigenvalue weighted by molar-refractivity contribution is 0.124. The molecule has 1 saturated heterocycles. The molecule has 198 valence electrons. The molecule has 3 heterocycles. The number of methoxy groups -OCH3 is 2. The summed E-state index contributed by atoms with van der Waals surface area (Å²) in [6.45, 7) is 0.294. The third kappa shape index (κ3) is 4.53. The van der Waals surface area contributed by atoms with Crippen LogP contribution in [-0.4, -0.2) is 52.5 Å². The second-order valence-electron chi connectivity index (χ2n) is 9.03. The van der Waals surface area contributed by atoms with Crippen LogP contribution in [0.4, 0.5) is 9.18 Å². The molecule has 0 spiro atoms. The number of thiophene rings is 1. The van der Waals surface area contributed by atoms with Crippen molar-refractivity contribution in [3.05, 3.63) is 80.7 Å². The van der Waals surface area contributed by atoms with E-state index in [4.69, 9.17) is 9.47 Å². The van der Waals surface area contributed by atoms with Crippen LogP contribution in [0.3, 0.4) is 0 Å². The molecule has 0 saturated carbocycles. The van der Waals surface area contributed by atoms with Crippen molar-refractivity contribution in [3.8, 4) is 21.9 Å². The van der Waals surface area contributed by atoms with Crippen LogP contribution in [0, 0.1) is 5.82 Å². The molecular weight excluding hydrogens is 513 g/mol. The monoisotopic (exact) mass is 539 g/mol. The summed E-state index contributed by atoms with van der Waals surface area (Å²) in [5.41, 5.74) is 0.519. The number of nitrogens with zero attached hydrogens (tertiary/aromatic N) is 3. The first kappa shape index (κ1) is 25.5. The lowest BCUT2D eigenvalue weighted by Crippen LogP contribution is -2.46. The molecule has 0 atom stereocenters. The molecule has 1 N–H and O–H groups in total. The van der Waals surface area contributed by atoms with Crippen molar-refractivity contribution in [3.63, 3.8) is 0 Å². The Morgan fingerprint density at radius 3 is 2.34 bits per heavy atom. The summed E-state index contributed by atoms with van der Waals surface area (Å²) in [4.78, 5) is 41.0. The summed E-state index contributed by atoms with van der Waals surface area (Å²) in [5.74, 6) is -0.0325. The van der Waals surface area contributed by atoms with E-state index in [1.165, 1.54) is 51.7 Å². The Morgan fingerprint density at radius 2 is 1.71 bits per heavy atom. The number of amides is 1. The molecule has 1 fully saturated rings. The standard InChI is InChI=1S/C27H26FN3O6S/c1-36-21-12-17(19(28)13-22(21)37-2)15-30-20-14-23(16-6-4-3-5-7-16)38-24(20)25(32)31(26(30)33)18-8-10-29(11-9-18)27(34)35/h3-7,12-14,18H,8-11,15H2,1-2H3,(H,34,35). The predicted molar refractivity (Wildman–Crippen MR) is 142 cm³/mol. The van der Waals surface area contributed by atoms with E-state index in [9.17, 15) is 19.5 Å². The smallest absolute Gasteiger partial charge is 0.407 e. The molecular formula is C27H26FN3O6S. The lowest BCUT2D eigenvalue weighted by Gasteiger charge is -2.30. The fourth-order valence-electron chi connectivity index (χ4n) is 4.89. The predicted octanol–water partition coefficient (Wildman–Crippen LogP) is 4.41. The number of carboxylic acid groups (broad SMARTS) is 1. The van der Waals surface area contributed by atoms with Gasteiger partial charge in [0.15, 0.2) is 11.5 Å². The van der Waals surface area contributed by atoms with Gasteiger partial charge < -0.3 is 19.5 Å². The number of hydrogen-bond donors (Lipinski definition) is 1. The number of ether oxygens (including phenoxy) is 2. The number of benzene rings is 2. The van der Waals surface area contributed by atoms with Crippen LogP contribution in [0.1, 0.15) is 24.4 Å². The topological polar surface area (TPSA) is 103 Å². The van der Waals surface area contributed by atoms with Gasteiger partial charge in [0.25, 0.3) is 5.56 Å². The Labute approximate surface area is 220 Å². The van der Waals surface area contributed by atoms with E-state index in [0.717, 1.165) is 10.4 Å². The number of piperidine rings is 1. The van der Waals surface area contributed by atoms with E-state index in [1.807, 2.05) is 30.3 Å². The number of likely N-dealkylation sites (tertiary alicyclic amines) is 1. The molecule has 0 radical (unpaired) electrons. The van der Waals surface area contributed by atoms with Gasteiger partial charge in [0.1, 0.15) is 10.5 Å². The van der Waals surface area contributed by atoms with Gasteiger partial charge in [-0.05, 0) is 30.5 Å². The molecule has 1 aliphatic heterocycles. The molecule has 2 aromatic carbocycles. The molecule has 9 nitrogen and oxygen atoms in total. The zero-order valence-corrected chi connectivity index (χ0v) is 21.7. The zero-order chi connectivity index (χ0) is 27.0. The number of hydrogen-bond acceptors (Lipinski definition) is 6. The number of carbonyl (C=O) groups is 1. The maximum Gasteiger partial charge on any atom is 0.407 e. The maximum atomic E-state index is 15.1. The van der Waals surface area contributed by atoms with Crippen LogP contribution < -0.4 is 20.7 Å². The Balaban J connectivity index is 1.68. The summed E-state index contributed by atoms with van der Waals surface area (Å²) < 4.78 is 28.6. The van der Waals surface area contributed by atoms with Crippen LogP contribution in [0.2, 0.25) is 0 Å². The second kappa shape index (κ2) is 10.3. The van der Waals surface area contributed by atoms with Gasteiger partial charge in [-0.2, -0.15) is 0 Å². The fraction of sp³-hybridized carbons (Fsp3) is 0.296. The first-order chi connectivity index (χ1) is 18.3. The van der Waals surface area contributed by atoms with Crippen LogP contribution in [0.5, 0.6) is 11.5 Å². The summed E-state index contributed by atoms with van der Waals surface area (Å²) in [6, 6.07) is 13.5. The number of fused-ring (bicyclic) bond motifs is 1. The SMILES string of the molecule is COc1cc(F)c(Cn2c(=O)n(C3CCN(C(=O)O)CC3)c(=O)c3sc(-c4ccccc4)cc32)cc1OC. The Bertz CT molecular complexity index is 1620. The van der Waals surface area contributed by atoms with Gasteiger partial charge in [-0.1, -0.05) is 30.3 Å². The molecule has 0 unspecified atom stereocenters. The van der Waals surface area contributed by atoms with E-state index in [1.54, 1.807) is 6.07 Å². The summed E-state index contributed by atoms with van der Waals surface area (Å²) >= 11 is 1.28. The van der Waals surface area contributed by atoms with Crippen molar-refractivity contribution in [2.24, 2.45) is 0 Å². The van der Waals surface area contributed by atoms with Gasteiger partial charge >= 0.3 is 11.8 Å². The highest BCUT2D eigenvalue weighted by Gasteiger charge is 2.28. The second-order valence-corrected chi connectivity index (χ2v) is 10.1. The Morgan fingerprint density at radius 1 is 1.05 bits per heavy atom. The minimum Gasteiger partial charge on any atom is -0.493 e. The van der Waals surface area contributed by atoms with E-state index < -0.39 is 29.2 Å². The third-order valence-electron chi connectivity index (χ3n) is 6.89. The first-order valence-corrected chi connectivity index (χ1v) is 12.9. The summed E-state index contributed by atoms with van der Waals surface area (Å²) in [6.07, 6.45) is -0.373. The highest BCUT2D eigenvalue weighted by atomic mass is 32.1. The average Bonchev–Trinajstić information content (AvgIpc) is 3.38. The molecule has 1 amide bonds. The quantitative estimate of drug-likeness (QED) is 0.389. The maximum absolute atomic E-state index is 15.1. The van der Waals surface area contributed by atoms with E-state index >= 15 is 4.39 Å². The van der Waals surface area contributed by atoms with Crippen LogP contribution in [0.15, 0.2) is 58.1 Å². The van der Waals surface area contributed by atoms with E-state index in [2.05, 4.69) is 0 Å². The van der Waals surface area contributed by atoms with Crippen molar-refractivity contribution in [1.82, 2.24) is 14.0 Å². The van der Waals surface area contributed by atoms with E-state index in [0.29, 0.717) is 28.8 Å². The van der Waals surface area contributed by atoms with Crippen molar-refractivity contribution >= 4 is 27.6 Å². The molecule has 11 heteroatoms. The minimum absolute atomic E-state index is 0.138. The minimum atomic E-state index is -1.03. The molecule has 38 heavy (non-hydrogen) atoms. The molecule has 0 aliphatic carbocycles. The van der Waals surface area contributed by atoms with Gasteiger partial charge in [-0.25, -0.2) is 14.0 Å². The Hall–Kier alpha value is -4.12. The van der Waals surface area contributed by atoms with Gasteiger partial charge in [0.2, 0.25) is 0 Å². The average molecular weight is 540 g/mol. The molecule has 2 aromatic heterocycles. The normalized spacial score (nSPS) is 14.1. The van der Waals surface area contributed by atoms with Crippen LogP contribution >= 0.6 is 11.3 Å². The van der Waals surface area contributed by atoms with Crippen molar-refractivity contribution in [1.29, 1.82) is 0 Å². The summed E-state index contributed by atoms with van der Waals surface area (Å²) in [7, 11) is 2.85. The van der Waals surface area contributed by atoms with Crippen molar-refractivity contribution in [2.45, 2.75) is 25.4 Å². The zero-order valence-electron chi connectivity index (χ0n) is 20.8. The largest absolute Gasteiger partial charge is 0.493 e. The lowest BCUT2D eigenvalue weighted by atomic mass is 10.1. The Kier molecular flexibility index (Phi) is 6.94. The van der Waals surface area contributed by atoms with Crippen LogP contribution in [0.25, 0.3) is 20.7 Å². The fourth-order valence-corrected chi connectivity index (χ4v) is 5.99. The van der Waals surface area contributed by atoms with Crippen LogP contribution in [-0.2, 0) is 6.54 Å². The highest BCUT2D eigenvalue weighted by Crippen LogP contribution is 2.34. The van der Waals surface area contributed by atoms with Gasteiger partial charge in [-0.3, -0.25) is 13.9 Å².